The molecule has 0 aliphatic carbocycles. The van der Waals surface area contributed by atoms with Crippen molar-refractivity contribution in [2.24, 2.45) is 11.8 Å². The van der Waals surface area contributed by atoms with E-state index < -0.39 is 12.2 Å². The van der Waals surface area contributed by atoms with Gasteiger partial charge in [-0.25, -0.2) is 4.98 Å². The van der Waals surface area contributed by atoms with Crippen LogP contribution >= 0.6 is 0 Å². The van der Waals surface area contributed by atoms with Gasteiger partial charge >= 0.3 is 0 Å². The molecule has 5 nitrogen and oxygen atoms in total. The number of hydrogen-bond acceptors (Lipinski definition) is 4. The number of carbonyl (C=O) groups is 1. The summed E-state index contributed by atoms with van der Waals surface area (Å²) in [6.45, 7) is 6.11. The van der Waals surface area contributed by atoms with E-state index >= 15 is 0 Å². The summed E-state index contributed by atoms with van der Waals surface area (Å²) in [5.74, 6) is 1.67. The summed E-state index contributed by atoms with van der Waals surface area (Å²) in [7, 11) is 0. The monoisotopic (exact) mass is 326 g/mol. The topological polar surface area (TPSA) is 60.5 Å². The number of fused-ring (bicyclic) bond motifs is 1. The second-order valence-corrected chi connectivity index (χ2v) is 6.50. The molecule has 24 heavy (non-hydrogen) atoms. The Bertz CT molecular complexity index is 688. The van der Waals surface area contributed by atoms with Gasteiger partial charge in [-0.05, 0) is 43.0 Å². The number of carbonyl (C=O) groups excluding carboxylic acids is 1. The summed E-state index contributed by atoms with van der Waals surface area (Å²) in [5.41, 5.74) is 1.05. The number of para-hydroxylation sites is 2. The molecule has 0 fully saturated rings. The van der Waals surface area contributed by atoms with Gasteiger partial charge in [-0.1, -0.05) is 32.0 Å². The molecule has 3 rings (SSSR count). The third-order valence-electron chi connectivity index (χ3n) is 3.89. The normalized spacial score (nSPS) is 14.7. The number of rotatable bonds is 5. The first-order valence-electron chi connectivity index (χ1n) is 8.19. The standard InChI is InChI=1S/C19H22N2O3/c1-12(2)10-14(18(22)21-17-9-8-13(3)11-20-17)19-23-15-6-4-5-7-16(15)24-19/h4-9,11-12,14,19H,10H2,1-3H3,(H,20,21,22)/t14-/m0/s1. The van der Waals surface area contributed by atoms with Gasteiger partial charge in [0.15, 0.2) is 11.5 Å². The first-order chi connectivity index (χ1) is 11.5. The number of nitrogens with zero attached hydrogens (tertiary/aromatic N) is 1. The molecular weight excluding hydrogens is 304 g/mol. The molecule has 0 saturated heterocycles. The van der Waals surface area contributed by atoms with Crippen LogP contribution in [0.2, 0.25) is 0 Å². The second kappa shape index (κ2) is 6.91. The maximum Gasteiger partial charge on any atom is 0.253 e. The van der Waals surface area contributed by atoms with Crippen molar-refractivity contribution in [2.45, 2.75) is 33.5 Å². The minimum atomic E-state index is -0.616. The number of nitrogens with one attached hydrogen (secondary N) is 1. The van der Waals surface area contributed by atoms with Crippen molar-refractivity contribution in [3.63, 3.8) is 0 Å². The lowest BCUT2D eigenvalue weighted by atomic mass is 9.95. The van der Waals surface area contributed by atoms with Gasteiger partial charge in [0.2, 0.25) is 5.91 Å². The van der Waals surface area contributed by atoms with Gasteiger partial charge in [-0.2, -0.15) is 0 Å². The maximum absolute atomic E-state index is 12.8. The molecule has 1 aromatic heterocycles. The first kappa shape index (κ1) is 16.3. The van der Waals surface area contributed by atoms with Crippen LogP contribution in [0, 0.1) is 18.8 Å². The van der Waals surface area contributed by atoms with E-state index in [0.717, 1.165) is 5.56 Å². The number of aryl methyl sites for hydroxylation is 1. The number of pyridine rings is 1. The highest BCUT2D eigenvalue weighted by Gasteiger charge is 2.37. The number of ether oxygens (including phenoxy) is 2. The Kier molecular flexibility index (Phi) is 4.69. The fraction of sp³-hybridized carbons (Fsp3) is 0.368. The minimum absolute atomic E-state index is 0.141. The predicted molar refractivity (Wildman–Crippen MR) is 92.0 cm³/mol. The van der Waals surface area contributed by atoms with Crippen molar-refractivity contribution in [3.05, 3.63) is 48.2 Å². The van der Waals surface area contributed by atoms with Gasteiger partial charge in [-0.15, -0.1) is 0 Å². The Labute approximate surface area is 142 Å². The Morgan fingerprint density at radius 1 is 1.17 bits per heavy atom. The highest BCUT2D eigenvalue weighted by atomic mass is 16.7. The van der Waals surface area contributed by atoms with Crippen LogP contribution in [0.1, 0.15) is 25.8 Å². The average Bonchev–Trinajstić information content (AvgIpc) is 2.98. The molecule has 0 spiro atoms. The Hall–Kier alpha value is -2.56. The number of amides is 1. The summed E-state index contributed by atoms with van der Waals surface area (Å²) in [6.07, 6.45) is 1.78. The third kappa shape index (κ3) is 3.67. The van der Waals surface area contributed by atoms with Crippen LogP contribution in [0.15, 0.2) is 42.6 Å². The molecule has 1 aliphatic rings. The largest absolute Gasteiger partial charge is 0.450 e. The fourth-order valence-corrected chi connectivity index (χ4v) is 2.69. The van der Waals surface area contributed by atoms with E-state index in [9.17, 15) is 4.79 Å². The fourth-order valence-electron chi connectivity index (χ4n) is 2.69. The number of anilines is 1. The van der Waals surface area contributed by atoms with Crippen molar-refractivity contribution in [1.82, 2.24) is 4.98 Å². The minimum Gasteiger partial charge on any atom is -0.450 e. The molecule has 1 aliphatic heterocycles. The van der Waals surface area contributed by atoms with E-state index in [1.165, 1.54) is 0 Å². The molecule has 0 radical (unpaired) electrons. The molecule has 2 aromatic rings. The zero-order valence-corrected chi connectivity index (χ0v) is 14.2. The van der Waals surface area contributed by atoms with Crippen molar-refractivity contribution in [1.29, 1.82) is 0 Å². The summed E-state index contributed by atoms with van der Waals surface area (Å²) in [4.78, 5) is 17.0. The number of aromatic nitrogens is 1. The van der Waals surface area contributed by atoms with Crippen molar-refractivity contribution in [2.75, 3.05) is 5.32 Å². The quantitative estimate of drug-likeness (QED) is 0.908. The zero-order valence-electron chi connectivity index (χ0n) is 14.2. The Morgan fingerprint density at radius 3 is 2.38 bits per heavy atom. The number of benzene rings is 1. The highest BCUT2D eigenvalue weighted by Crippen LogP contribution is 2.37. The summed E-state index contributed by atoms with van der Waals surface area (Å²) >= 11 is 0. The van der Waals surface area contributed by atoms with E-state index in [-0.39, 0.29) is 5.91 Å². The summed E-state index contributed by atoms with van der Waals surface area (Å²) in [6, 6.07) is 11.2. The molecule has 126 valence electrons. The van der Waals surface area contributed by atoms with Crippen LogP contribution in [-0.2, 0) is 4.79 Å². The molecule has 0 saturated carbocycles. The van der Waals surface area contributed by atoms with E-state index in [1.54, 1.807) is 12.3 Å². The van der Waals surface area contributed by atoms with Gasteiger partial charge in [-0.3, -0.25) is 4.79 Å². The molecule has 1 aromatic carbocycles. The van der Waals surface area contributed by atoms with Crippen LogP contribution in [0.4, 0.5) is 5.82 Å². The lowest BCUT2D eigenvalue weighted by Gasteiger charge is -2.23. The highest BCUT2D eigenvalue weighted by molar-refractivity contribution is 5.92. The van der Waals surface area contributed by atoms with E-state index in [0.29, 0.717) is 29.7 Å². The maximum atomic E-state index is 12.8. The van der Waals surface area contributed by atoms with E-state index in [1.807, 2.05) is 37.3 Å². The van der Waals surface area contributed by atoms with Gasteiger partial charge in [0.05, 0.1) is 0 Å². The lowest BCUT2D eigenvalue weighted by molar-refractivity contribution is -0.128. The SMILES string of the molecule is Cc1ccc(NC(=O)[C@H](CC(C)C)C2Oc3ccccc3O2)nc1. The number of hydrogen-bond donors (Lipinski definition) is 1. The molecule has 1 amide bonds. The summed E-state index contributed by atoms with van der Waals surface area (Å²) < 4.78 is 11.7. The summed E-state index contributed by atoms with van der Waals surface area (Å²) in [5, 5.41) is 2.87. The van der Waals surface area contributed by atoms with Gasteiger partial charge in [0, 0.05) is 6.20 Å². The second-order valence-electron chi connectivity index (χ2n) is 6.50. The predicted octanol–water partition coefficient (Wildman–Crippen LogP) is 3.79. The molecular formula is C19H22N2O3. The van der Waals surface area contributed by atoms with Crippen LogP contribution in [0.25, 0.3) is 0 Å². The van der Waals surface area contributed by atoms with Crippen molar-refractivity contribution >= 4 is 11.7 Å². The molecule has 1 atom stereocenters. The van der Waals surface area contributed by atoms with Crippen LogP contribution in [0.5, 0.6) is 11.5 Å². The van der Waals surface area contributed by atoms with E-state index in [4.69, 9.17) is 9.47 Å². The van der Waals surface area contributed by atoms with Gasteiger partial charge < -0.3 is 14.8 Å². The van der Waals surface area contributed by atoms with Gasteiger partial charge in [0.25, 0.3) is 6.29 Å². The Morgan fingerprint density at radius 2 is 1.83 bits per heavy atom. The van der Waals surface area contributed by atoms with E-state index in [2.05, 4.69) is 24.1 Å². The van der Waals surface area contributed by atoms with Crippen molar-refractivity contribution < 1.29 is 14.3 Å². The molecule has 2 heterocycles. The van der Waals surface area contributed by atoms with Crippen molar-refractivity contribution in [3.8, 4) is 11.5 Å². The molecule has 0 bridgehead atoms. The average molecular weight is 326 g/mol. The van der Waals surface area contributed by atoms with Gasteiger partial charge in [0.1, 0.15) is 11.7 Å². The molecule has 0 unspecified atom stereocenters. The molecule has 5 heteroatoms. The van der Waals surface area contributed by atoms with Crippen LogP contribution in [-0.4, -0.2) is 17.2 Å². The third-order valence-corrected chi connectivity index (χ3v) is 3.89. The van der Waals surface area contributed by atoms with Crippen LogP contribution in [0.3, 0.4) is 0 Å². The lowest BCUT2D eigenvalue weighted by Crippen LogP contribution is -2.39. The smallest absolute Gasteiger partial charge is 0.253 e. The molecule has 1 N–H and O–H groups in total. The zero-order chi connectivity index (χ0) is 17.1. The first-order valence-corrected chi connectivity index (χ1v) is 8.19. The Balaban J connectivity index is 1.74. The van der Waals surface area contributed by atoms with Crippen LogP contribution < -0.4 is 14.8 Å².